The van der Waals surface area contributed by atoms with E-state index < -0.39 is 0 Å². The fourth-order valence-corrected chi connectivity index (χ4v) is 1.21. The molecular weight excluding hydrogens is 160 g/mol. The lowest BCUT2D eigenvalue weighted by Crippen LogP contribution is -1.84. The number of nitrogen functional groups attached to an aromatic ring is 1. The molecule has 13 heavy (non-hydrogen) atoms. The van der Waals surface area contributed by atoms with Crippen molar-refractivity contribution in [1.29, 1.82) is 0 Å². The molecule has 1 aromatic carbocycles. The van der Waals surface area contributed by atoms with Crippen molar-refractivity contribution >= 4 is 5.69 Å². The van der Waals surface area contributed by atoms with Crippen LogP contribution >= 0.6 is 0 Å². The number of nitrogens with zero attached hydrogens (tertiary/aromatic N) is 1. The molecule has 2 heteroatoms. The molecule has 0 fully saturated rings. The number of rotatable bonds is 1. The molecule has 0 saturated carbocycles. The number of pyridine rings is 1. The van der Waals surface area contributed by atoms with E-state index in [-0.39, 0.29) is 0 Å². The predicted molar refractivity (Wildman–Crippen MR) is 54.1 cm³/mol. The number of benzene rings is 1. The average molecular weight is 170 g/mol. The highest BCUT2D eigenvalue weighted by Crippen LogP contribution is 2.18. The van der Waals surface area contributed by atoms with Gasteiger partial charge in [-0.2, -0.15) is 0 Å². The maximum atomic E-state index is 5.59. The highest BCUT2D eigenvalue weighted by Gasteiger charge is 1.94. The lowest BCUT2D eigenvalue weighted by Gasteiger charge is -2.00. The monoisotopic (exact) mass is 170 g/mol. The van der Waals surface area contributed by atoms with Gasteiger partial charge in [-0.05, 0) is 29.3 Å². The van der Waals surface area contributed by atoms with Gasteiger partial charge in [-0.15, -0.1) is 0 Å². The lowest BCUT2D eigenvalue weighted by molar-refractivity contribution is 1.33. The fraction of sp³-hybridized carbons (Fsp3) is 0. The van der Waals surface area contributed by atoms with Crippen molar-refractivity contribution in [2.45, 2.75) is 0 Å². The van der Waals surface area contributed by atoms with Gasteiger partial charge in [0.05, 0.1) is 0 Å². The Morgan fingerprint density at radius 3 is 2.31 bits per heavy atom. The van der Waals surface area contributed by atoms with E-state index in [4.69, 9.17) is 5.73 Å². The highest BCUT2D eigenvalue weighted by atomic mass is 14.6. The molecule has 0 aliphatic heterocycles. The van der Waals surface area contributed by atoms with E-state index in [0.29, 0.717) is 0 Å². The Labute approximate surface area is 77.0 Å². The number of hydrogen-bond acceptors (Lipinski definition) is 2. The quantitative estimate of drug-likeness (QED) is 0.667. The summed E-state index contributed by atoms with van der Waals surface area (Å²) in [6.45, 7) is 0. The third kappa shape index (κ3) is 1.67. The second-order valence-electron chi connectivity index (χ2n) is 2.86. The number of aromatic nitrogens is 1. The zero-order chi connectivity index (χ0) is 9.10. The van der Waals surface area contributed by atoms with Crippen LogP contribution < -0.4 is 5.73 Å². The van der Waals surface area contributed by atoms with E-state index in [2.05, 4.69) is 4.98 Å². The van der Waals surface area contributed by atoms with Crippen LogP contribution in [-0.4, -0.2) is 4.98 Å². The van der Waals surface area contributed by atoms with E-state index in [1.165, 1.54) is 0 Å². The summed E-state index contributed by atoms with van der Waals surface area (Å²) in [5, 5.41) is 0. The first-order chi connectivity index (χ1) is 6.36. The lowest BCUT2D eigenvalue weighted by atomic mass is 10.1. The van der Waals surface area contributed by atoms with Crippen LogP contribution in [0, 0.1) is 0 Å². The van der Waals surface area contributed by atoms with E-state index in [9.17, 15) is 0 Å². The van der Waals surface area contributed by atoms with E-state index >= 15 is 0 Å². The molecule has 0 bridgehead atoms. The van der Waals surface area contributed by atoms with Crippen LogP contribution in [-0.2, 0) is 0 Å². The Bertz CT molecular complexity index is 379. The van der Waals surface area contributed by atoms with Crippen LogP contribution in [0.25, 0.3) is 11.1 Å². The minimum Gasteiger partial charge on any atom is -0.399 e. The molecule has 0 atom stereocenters. The first-order valence-corrected chi connectivity index (χ1v) is 4.12. The van der Waals surface area contributed by atoms with Crippen LogP contribution in [0.5, 0.6) is 0 Å². The Morgan fingerprint density at radius 1 is 0.923 bits per heavy atom. The molecule has 1 heterocycles. The molecule has 2 rings (SSSR count). The molecule has 0 aliphatic rings. The summed E-state index contributed by atoms with van der Waals surface area (Å²) in [6.07, 6.45) is 3.60. The van der Waals surface area contributed by atoms with Crippen molar-refractivity contribution < 1.29 is 0 Å². The van der Waals surface area contributed by atoms with E-state index in [1.54, 1.807) is 6.20 Å². The maximum Gasteiger partial charge on any atom is 0.0346 e. The first-order valence-electron chi connectivity index (χ1n) is 4.12. The van der Waals surface area contributed by atoms with Crippen LogP contribution in [0.3, 0.4) is 0 Å². The normalized spacial score (nSPS) is 9.85. The van der Waals surface area contributed by atoms with Gasteiger partial charge in [0.1, 0.15) is 0 Å². The zero-order valence-corrected chi connectivity index (χ0v) is 7.14. The summed E-state index contributed by atoms with van der Waals surface area (Å²) in [5.41, 5.74) is 8.63. The van der Waals surface area contributed by atoms with Gasteiger partial charge < -0.3 is 5.73 Å². The van der Waals surface area contributed by atoms with Gasteiger partial charge in [0.25, 0.3) is 0 Å². The maximum absolute atomic E-state index is 5.59. The number of nitrogens with two attached hydrogens (primary N) is 1. The molecule has 0 radical (unpaired) electrons. The topological polar surface area (TPSA) is 38.9 Å². The van der Waals surface area contributed by atoms with Gasteiger partial charge in [0.15, 0.2) is 0 Å². The SMILES string of the molecule is Nc1ccc(-c2cccnc2)cc1. The Balaban J connectivity index is 2.42. The summed E-state index contributed by atoms with van der Waals surface area (Å²) in [5.74, 6) is 0. The van der Waals surface area contributed by atoms with Gasteiger partial charge >= 0.3 is 0 Å². The van der Waals surface area contributed by atoms with Gasteiger partial charge in [-0.1, -0.05) is 18.2 Å². The molecule has 0 unspecified atom stereocenters. The molecule has 1 aromatic heterocycles. The molecule has 0 amide bonds. The summed E-state index contributed by atoms with van der Waals surface area (Å²) in [7, 11) is 0. The largest absolute Gasteiger partial charge is 0.399 e. The highest BCUT2D eigenvalue weighted by molar-refractivity contribution is 5.64. The Morgan fingerprint density at radius 2 is 1.69 bits per heavy atom. The van der Waals surface area contributed by atoms with Crippen molar-refractivity contribution in [3.05, 3.63) is 48.8 Å². The third-order valence-corrected chi connectivity index (χ3v) is 1.91. The summed E-state index contributed by atoms with van der Waals surface area (Å²) < 4.78 is 0. The first kappa shape index (κ1) is 7.80. The number of hydrogen-bond donors (Lipinski definition) is 1. The smallest absolute Gasteiger partial charge is 0.0346 e. The van der Waals surface area contributed by atoms with Crippen molar-refractivity contribution in [2.75, 3.05) is 5.73 Å². The fourth-order valence-electron chi connectivity index (χ4n) is 1.21. The van der Waals surface area contributed by atoms with Crippen LogP contribution in [0.1, 0.15) is 0 Å². The Kier molecular flexibility index (Phi) is 1.96. The molecular formula is C11H10N2. The second kappa shape index (κ2) is 3.27. The summed E-state index contributed by atoms with van der Waals surface area (Å²) in [6, 6.07) is 11.7. The molecule has 0 aliphatic carbocycles. The van der Waals surface area contributed by atoms with Crippen molar-refractivity contribution in [1.82, 2.24) is 4.98 Å². The van der Waals surface area contributed by atoms with Crippen molar-refractivity contribution in [2.24, 2.45) is 0 Å². The van der Waals surface area contributed by atoms with Gasteiger partial charge in [0.2, 0.25) is 0 Å². The zero-order valence-electron chi connectivity index (χ0n) is 7.14. The predicted octanol–water partition coefficient (Wildman–Crippen LogP) is 2.33. The molecule has 0 spiro atoms. The van der Waals surface area contributed by atoms with E-state index in [1.807, 2.05) is 42.6 Å². The minimum absolute atomic E-state index is 0.785. The summed E-state index contributed by atoms with van der Waals surface area (Å²) >= 11 is 0. The van der Waals surface area contributed by atoms with Crippen LogP contribution in [0.15, 0.2) is 48.8 Å². The molecule has 2 nitrogen and oxygen atoms in total. The molecule has 0 saturated heterocycles. The standard InChI is InChI=1S/C11H10N2/c12-11-5-3-9(4-6-11)10-2-1-7-13-8-10/h1-8H,12H2. The van der Waals surface area contributed by atoms with Crippen molar-refractivity contribution in [3.63, 3.8) is 0 Å². The van der Waals surface area contributed by atoms with Gasteiger partial charge in [-0.25, -0.2) is 0 Å². The van der Waals surface area contributed by atoms with Crippen molar-refractivity contribution in [3.8, 4) is 11.1 Å². The van der Waals surface area contributed by atoms with Gasteiger partial charge in [-0.3, -0.25) is 4.98 Å². The van der Waals surface area contributed by atoms with Gasteiger partial charge in [0, 0.05) is 18.1 Å². The molecule has 2 N–H and O–H groups in total. The summed E-state index contributed by atoms with van der Waals surface area (Å²) in [4.78, 5) is 4.05. The molecule has 64 valence electrons. The van der Waals surface area contributed by atoms with Crippen LogP contribution in [0.2, 0.25) is 0 Å². The van der Waals surface area contributed by atoms with E-state index in [0.717, 1.165) is 16.8 Å². The minimum atomic E-state index is 0.785. The second-order valence-corrected chi connectivity index (χ2v) is 2.86. The Hall–Kier alpha value is -1.83. The van der Waals surface area contributed by atoms with Crippen LogP contribution in [0.4, 0.5) is 5.69 Å². The third-order valence-electron chi connectivity index (χ3n) is 1.91. The average Bonchev–Trinajstić information content (AvgIpc) is 2.20. The molecule has 2 aromatic rings. The number of anilines is 1.